The number of benzene rings is 4. The van der Waals surface area contributed by atoms with E-state index in [1.54, 1.807) is 66.7 Å². The van der Waals surface area contributed by atoms with Gasteiger partial charge in [0.25, 0.3) is 0 Å². The van der Waals surface area contributed by atoms with E-state index in [4.69, 9.17) is 11.5 Å². The van der Waals surface area contributed by atoms with Crippen LogP contribution in [0.3, 0.4) is 0 Å². The molecule has 13 N–H and O–H groups in total. The van der Waals surface area contributed by atoms with Gasteiger partial charge in [-0.1, -0.05) is 103 Å². The quantitative estimate of drug-likeness (QED) is 0.0418. The van der Waals surface area contributed by atoms with Crippen LogP contribution in [0.4, 0.5) is 0 Å². The number of aliphatic carboxylic acids is 1. The molecule has 1 aliphatic heterocycles. The van der Waals surface area contributed by atoms with Crippen molar-refractivity contribution in [2.45, 2.75) is 75.2 Å². The number of nitrogens with one attached hydrogen (secondary N) is 8. The number of carbonyl (C=O) groups is 9. The molecule has 0 spiro atoms. The summed E-state index contributed by atoms with van der Waals surface area (Å²) in [6, 6.07) is 23.3. The second-order valence-electron chi connectivity index (χ2n) is 16.3. The lowest BCUT2D eigenvalue weighted by Gasteiger charge is -2.27. The molecule has 4 aromatic carbocycles. The molecular weight excluding hydrogens is 891 g/mol. The molecule has 1 fully saturated rings. The normalized spacial score (nSPS) is 20.6. The highest BCUT2D eigenvalue weighted by Gasteiger charge is 2.33. The summed E-state index contributed by atoms with van der Waals surface area (Å²) in [5, 5.41) is 31.8. The molecule has 21 nitrogen and oxygen atoms in total. The van der Waals surface area contributed by atoms with Crippen LogP contribution in [0.2, 0.25) is 0 Å². The summed E-state index contributed by atoms with van der Waals surface area (Å²) >= 11 is 0. The Morgan fingerprint density at radius 3 is 1.49 bits per heavy atom. The van der Waals surface area contributed by atoms with Gasteiger partial charge in [-0.3, -0.25) is 48.1 Å². The van der Waals surface area contributed by atoms with Gasteiger partial charge in [-0.05, 0) is 46.7 Å². The lowest BCUT2D eigenvalue weighted by atomic mass is 9.99. The van der Waals surface area contributed by atoms with Crippen LogP contribution in [-0.2, 0) is 62.4 Å². The average Bonchev–Trinajstić information content (AvgIpc) is 3.33. The molecule has 0 aromatic heterocycles. The summed E-state index contributed by atoms with van der Waals surface area (Å²) in [7, 11) is 0. The molecule has 0 bridgehead atoms. The van der Waals surface area contributed by atoms with E-state index in [2.05, 4.69) is 47.5 Å². The number of carbonyl (C=O) groups excluding carboxylic acids is 8. The van der Waals surface area contributed by atoms with Crippen LogP contribution in [0.15, 0.2) is 108 Å². The second-order valence-corrected chi connectivity index (χ2v) is 16.3. The number of carboxylic acids is 1. The van der Waals surface area contributed by atoms with Crippen LogP contribution in [0.25, 0.3) is 10.8 Å². The minimum atomic E-state index is -1.57. The van der Waals surface area contributed by atoms with Crippen LogP contribution in [0.1, 0.15) is 42.4 Å². The third kappa shape index (κ3) is 17.4. The Morgan fingerprint density at radius 1 is 0.493 bits per heavy atom. The Labute approximate surface area is 397 Å². The van der Waals surface area contributed by atoms with Gasteiger partial charge in [-0.15, -0.1) is 0 Å². The predicted octanol–water partition coefficient (Wildman–Crippen LogP) is -1.43. The van der Waals surface area contributed by atoms with Gasteiger partial charge >= 0.3 is 5.97 Å². The van der Waals surface area contributed by atoms with Crippen molar-refractivity contribution in [3.8, 4) is 0 Å². The van der Waals surface area contributed by atoms with Crippen molar-refractivity contribution >= 4 is 70.0 Å². The zero-order chi connectivity index (χ0) is 49.7. The summed E-state index contributed by atoms with van der Waals surface area (Å²) in [5.74, 6) is -8.16. The molecule has 364 valence electrons. The van der Waals surface area contributed by atoms with Crippen LogP contribution >= 0.6 is 0 Å². The number of hydrogen-bond acceptors (Lipinski definition) is 10. The van der Waals surface area contributed by atoms with Crippen LogP contribution in [0, 0.1) is 0 Å². The number of rotatable bonds is 13. The van der Waals surface area contributed by atoms with Crippen molar-refractivity contribution < 1.29 is 48.3 Å². The Morgan fingerprint density at radius 2 is 0.942 bits per heavy atom. The minimum absolute atomic E-state index is 0.0479. The van der Waals surface area contributed by atoms with Gasteiger partial charge in [0.15, 0.2) is 5.96 Å². The van der Waals surface area contributed by atoms with Gasteiger partial charge in [0.2, 0.25) is 47.3 Å². The Bertz CT molecular complexity index is 2500. The summed E-state index contributed by atoms with van der Waals surface area (Å²) in [4.78, 5) is 125. The SMILES string of the molecule is NC(N)=NCCC[C@H]1NC(=O)CNC(=O)CNC(=O)CNC(=O)[C@H](Cc2ccc3ccccc3c2)NC(=O)[C@@H](Cc2ccccc2)NC(=O)[C@H](Cc2ccccc2)NC(=O)[C@H](CCC(=O)O)NC1=O. The fourth-order valence-corrected chi connectivity index (χ4v) is 7.35. The Balaban J connectivity index is 1.51. The van der Waals surface area contributed by atoms with Gasteiger partial charge in [0.1, 0.15) is 30.2 Å². The fraction of sp³-hybridized carbons (Fsp3) is 0.333. The van der Waals surface area contributed by atoms with Crippen molar-refractivity contribution in [2.75, 3.05) is 26.2 Å². The number of nitrogens with zero attached hydrogens (tertiary/aromatic N) is 1. The van der Waals surface area contributed by atoms with Crippen molar-refractivity contribution in [1.29, 1.82) is 0 Å². The number of guanidine groups is 1. The second kappa shape index (κ2) is 26.1. The maximum atomic E-state index is 14.5. The maximum absolute atomic E-state index is 14.5. The van der Waals surface area contributed by atoms with Crippen molar-refractivity contribution in [2.24, 2.45) is 16.5 Å². The lowest BCUT2D eigenvalue weighted by molar-refractivity contribution is -0.138. The molecule has 5 rings (SSSR count). The smallest absolute Gasteiger partial charge is 0.303 e. The van der Waals surface area contributed by atoms with E-state index in [-0.39, 0.29) is 44.6 Å². The van der Waals surface area contributed by atoms with Crippen LogP contribution < -0.4 is 54.0 Å². The molecule has 1 heterocycles. The molecular formula is C48H57N11O10. The third-order valence-electron chi connectivity index (χ3n) is 10.9. The number of aliphatic imine (C=N–C) groups is 1. The molecule has 5 atom stereocenters. The monoisotopic (exact) mass is 947 g/mol. The topological polar surface area (TPSA) is 334 Å². The first-order valence-corrected chi connectivity index (χ1v) is 22.3. The van der Waals surface area contributed by atoms with E-state index in [0.717, 1.165) is 10.8 Å². The Kier molecular flexibility index (Phi) is 19.5. The lowest BCUT2D eigenvalue weighted by Crippen LogP contribution is -2.60. The molecule has 4 aromatic rings. The molecule has 0 saturated carbocycles. The van der Waals surface area contributed by atoms with Gasteiger partial charge in [-0.2, -0.15) is 0 Å². The summed E-state index contributed by atoms with van der Waals surface area (Å²) in [6.45, 7) is -1.81. The molecule has 1 saturated heterocycles. The van der Waals surface area contributed by atoms with Gasteiger partial charge in [-0.25, -0.2) is 0 Å². The van der Waals surface area contributed by atoms with Crippen molar-refractivity contribution in [3.63, 3.8) is 0 Å². The summed E-state index contributed by atoms with van der Waals surface area (Å²) in [6.07, 6.45) is -1.21. The number of carboxylic acid groups (broad SMARTS) is 1. The standard InChI is InChI=1S/C48H57N11O10/c49-48(50)51-21-9-16-34-44(66)56-35(19-20-42(63)64)45(67)58-37(23-29-10-3-1-4-11-29)47(69)59-38(24-30-12-5-2-6-13-30)46(68)57-36(25-31-17-18-32-14-7-8-15-33(32)22-31)43(65)54-27-40(61)52-26-39(60)53-28-41(62)55-34/h1-8,10-15,17-18,22,34-38H,9,16,19-21,23-28H2,(H,52,61)(H,53,60)(H,54,65)(H,55,62)(H,56,66)(H,57,68)(H,58,67)(H,59,69)(H,63,64)(H4,49,50,51)/t34-,35+,36+,37+,38-/m1/s1. The fourth-order valence-electron chi connectivity index (χ4n) is 7.35. The number of fused-ring (bicyclic) bond motifs is 1. The first-order valence-electron chi connectivity index (χ1n) is 22.3. The summed E-state index contributed by atoms with van der Waals surface area (Å²) in [5.41, 5.74) is 12.7. The van der Waals surface area contributed by atoms with Crippen molar-refractivity contribution in [3.05, 3.63) is 120 Å². The summed E-state index contributed by atoms with van der Waals surface area (Å²) < 4.78 is 0. The number of hydrogen-bond donors (Lipinski definition) is 11. The molecule has 1 aliphatic rings. The first kappa shape index (κ1) is 51.6. The highest BCUT2D eigenvalue weighted by molar-refractivity contribution is 5.98. The van der Waals surface area contributed by atoms with E-state index >= 15 is 0 Å². The molecule has 21 heteroatoms. The highest BCUT2D eigenvalue weighted by Crippen LogP contribution is 2.17. The molecule has 69 heavy (non-hydrogen) atoms. The van der Waals surface area contributed by atoms with Gasteiger partial charge in [0, 0.05) is 32.2 Å². The minimum Gasteiger partial charge on any atom is -0.481 e. The zero-order valence-corrected chi connectivity index (χ0v) is 37.7. The number of nitrogens with two attached hydrogens (primary N) is 2. The van der Waals surface area contributed by atoms with E-state index in [9.17, 15) is 48.3 Å². The van der Waals surface area contributed by atoms with E-state index in [1.165, 1.54) is 0 Å². The van der Waals surface area contributed by atoms with E-state index in [0.29, 0.717) is 16.7 Å². The highest BCUT2D eigenvalue weighted by atomic mass is 16.4. The first-order chi connectivity index (χ1) is 33.1. The van der Waals surface area contributed by atoms with Gasteiger partial charge in [0.05, 0.1) is 19.6 Å². The van der Waals surface area contributed by atoms with E-state index < -0.39 is 116 Å². The predicted molar refractivity (Wildman–Crippen MR) is 253 cm³/mol. The largest absolute Gasteiger partial charge is 0.481 e. The van der Waals surface area contributed by atoms with Crippen LogP contribution in [0.5, 0.6) is 0 Å². The van der Waals surface area contributed by atoms with Crippen molar-refractivity contribution in [1.82, 2.24) is 42.5 Å². The van der Waals surface area contributed by atoms with Crippen LogP contribution in [-0.4, -0.2) is 121 Å². The average molecular weight is 948 g/mol. The molecule has 0 aliphatic carbocycles. The maximum Gasteiger partial charge on any atom is 0.303 e. The molecule has 0 unspecified atom stereocenters. The third-order valence-corrected chi connectivity index (χ3v) is 10.9. The Hall–Kier alpha value is -8.36. The number of amides is 8. The molecule has 8 amide bonds. The van der Waals surface area contributed by atoms with E-state index in [1.807, 2.05) is 36.4 Å². The molecule has 0 radical (unpaired) electrons. The van der Waals surface area contributed by atoms with Gasteiger partial charge < -0.3 is 59.1 Å². The zero-order valence-electron chi connectivity index (χ0n) is 37.7.